The average Bonchev–Trinajstić information content (AvgIpc) is 2.74. The van der Waals surface area contributed by atoms with Crippen molar-refractivity contribution < 1.29 is 18.7 Å². The number of carbonyl (C=O) groups excluding carboxylic acids is 1. The van der Waals surface area contributed by atoms with Crippen LogP contribution in [0.1, 0.15) is 29.3 Å². The Labute approximate surface area is 163 Å². The van der Waals surface area contributed by atoms with Crippen LogP contribution in [-0.4, -0.2) is 26.7 Å². The molecule has 0 aliphatic heterocycles. The number of amides is 1. The van der Waals surface area contributed by atoms with Crippen LogP contribution in [0, 0.1) is 0 Å². The first-order valence-electron chi connectivity index (χ1n) is 9.04. The molecule has 2 aromatic carbocycles. The summed E-state index contributed by atoms with van der Waals surface area (Å²) >= 11 is 0. The van der Waals surface area contributed by atoms with Crippen LogP contribution >= 0.6 is 0 Å². The lowest BCUT2D eigenvalue weighted by molar-refractivity contribution is -0.0164. The molecule has 0 radical (unpaired) electrons. The van der Waals surface area contributed by atoms with E-state index in [2.05, 4.69) is 5.32 Å². The average molecular weight is 381 g/mol. The Hall–Kier alpha value is -3.12. The maximum absolute atomic E-state index is 12.7. The molecule has 6 heteroatoms. The Kier molecular flexibility index (Phi) is 5.80. The van der Waals surface area contributed by atoms with E-state index in [1.54, 1.807) is 25.3 Å². The molecule has 1 amide bonds. The quantitative estimate of drug-likeness (QED) is 0.634. The van der Waals surface area contributed by atoms with Gasteiger partial charge in [-0.15, -0.1) is 0 Å². The second-order valence-electron chi connectivity index (χ2n) is 6.43. The van der Waals surface area contributed by atoms with Crippen molar-refractivity contribution in [1.29, 1.82) is 0 Å². The van der Waals surface area contributed by atoms with Gasteiger partial charge in [0.25, 0.3) is 5.91 Å². The van der Waals surface area contributed by atoms with E-state index in [0.717, 1.165) is 5.56 Å². The van der Waals surface area contributed by atoms with Crippen LogP contribution in [0.2, 0.25) is 0 Å². The van der Waals surface area contributed by atoms with Crippen LogP contribution in [0.15, 0.2) is 63.8 Å². The Morgan fingerprint density at radius 1 is 1.11 bits per heavy atom. The fourth-order valence-corrected chi connectivity index (χ4v) is 3.26. The summed E-state index contributed by atoms with van der Waals surface area (Å²) in [6, 6.07) is 16.4. The first-order chi connectivity index (χ1) is 13.5. The summed E-state index contributed by atoms with van der Waals surface area (Å²) < 4.78 is 16.3. The van der Waals surface area contributed by atoms with Crippen LogP contribution in [0.4, 0.5) is 0 Å². The standard InChI is InChI=1S/C22H23NO5/c1-4-22(27-3,16-10-6-5-7-11-16)14-23-20(24)17-13-15-9-8-12-18(26-2)19(15)28-21(17)25/h5-13H,4,14H2,1-3H3,(H,23,24). The molecular formula is C22H23NO5. The predicted octanol–water partition coefficient (Wildman–Crippen LogP) is 3.48. The first-order valence-corrected chi connectivity index (χ1v) is 9.04. The summed E-state index contributed by atoms with van der Waals surface area (Å²) in [6.45, 7) is 2.21. The number of nitrogens with one attached hydrogen (secondary N) is 1. The maximum Gasteiger partial charge on any atom is 0.349 e. The molecule has 28 heavy (non-hydrogen) atoms. The molecule has 0 aliphatic carbocycles. The highest BCUT2D eigenvalue weighted by molar-refractivity contribution is 5.97. The van der Waals surface area contributed by atoms with Gasteiger partial charge in [0, 0.05) is 12.5 Å². The lowest BCUT2D eigenvalue weighted by Crippen LogP contribution is -2.42. The molecule has 1 heterocycles. The molecule has 0 spiro atoms. The zero-order chi connectivity index (χ0) is 20.1. The van der Waals surface area contributed by atoms with Gasteiger partial charge >= 0.3 is 5.63 Å². The van der Waals surface area contributed by atoms with Gasteiger partial charge in [0.1, 0.15) is 11.2 Å². The number of hydrogen-bond acceptors (Lipinski definition) is 5. The third-order valence-electron chi connectivity index (χ3n) is 4.98. The highest BCUT2D eigenvalue weighted by Crippen LogP contribution is 2.28. The van der Waals surface area contributed by atoms with E-state index in [0.29, 0.717) is 23.1 Å². The summed E-state index contributed by atoms with van der Waals surface area (Å²) in [5.41, 5.74) is -0.188. The maximum atomic E-state index is 12.7. The van der Waals surface area contributed by atoms with Gasteiger partial charge in [-0.3, -0.25) is 4.79 Å². The normalized spacial score (nSPS) is 13.1. The number of fused-ring (bicyclic) bond motifs is 1. The second-order valence-corrected chi connectivity index (χ2v) is 6.43. The SMILES string of the molecule is CCC(CNC(=O)c1cc2cccc(OC)c2oc1=O)(OC)c1ccccc1. The van der Waals surface area contributed by atoms with Crippen molar-refractivity contribution in [2.45, 2.75) is 18.9 Å². The van der Waals surface area contributed by atoms with E-state index < -0.39 is 17.1 Å². The molecule has 1 N–H and O–H groups in total. The fraction of sp³-hybridized carbons (Fsp3) is 0.273. The molecule has 1 unspecified atom stereocenters. The van der Waals surface area contributed by atoms with E-state index in [1.165, 1.54) is 13.2 Å². The van der Waals surface area contributed by atoms with Gasteiger partial charge in [-0.05, 0) is 24.1 Å². The summed E-state index contributed by atoms with van der Waals surface area (Å²) in [6.07, 6.45) is 0.650. The van der Waals surface area contributed by atoms with E-state index in [-0.39, 0.29) is 12.1 Å². The largest absolute Gasteiger partial charge is 0.493 e. The topological polar surface area (TPSA) is 77.8 Å². The zero-order valence-electron chi connectivity index (χ0n) is 16.2. The molecule has 0 saturated carbocycles. The van der Waals surface area contributed by atoms with Crippen molar-refractivity contribution >= 4 is 16.9 Å². The van der Waals surface area contributed by atoms with Crippen molar-refractivity contribution in [2.75, 3.05) is 20.8 Å². The molecule has 146 valence electrons. The van der Waals surface area contributed by atoms with Gasteiger partial charge in [-0.1, -0.05) is 49.4 Å². The van der Waals surface area contributed by atoms with Crippen LogP contribution in [0.5, 0.6) is 5.75 Å². The van der Waals surface area contributed by atoms with Crippen molar-refractivity contribution in [3.63, 3.8) is 0 Å². The van der Waals surface area contributed by atoms with Crippen molar-refractivity contribution in [2.24, 2.45) is 0 Å². The number of methoxy groups -OCH3 is 2. The number of hydrogen-bond donors (Lipinski definition) is 1. The number of carbonyl (C=O) groups is 1. The number of benzene rings is 2. The highest BCUT2D eigenvalue weighted by atomic mass is 16.5. The fourth-order valence-electron chi connectivity index (χ4n) is 3.26. The molecule has 3 rings (SSSR count). The zero-order valence-corrected chi connectivity index (χ0v) is 16.2. The van der Waals surface area contributed by atoms with Gasteiger partial charge in [-0.2, -0.15) is 0 Å². The molecule has 6 nitrogen and oxygen atoms in total. The lowest BCUT2D eigenvalue weighted by atomic mass is 9.90. The second kappa shape index (κ2) is 8.27. The molecule has 1 atom stereocenters. The molecule has 0 fully saturated rings. The minimum absolute atomic E-state index is 0.0603. The first kappa shape index (κ1) is 19.6. The summed E-state index contributed by atoms with van der Waals surface area (Å²) in [4.78, 5) is 25.1. The molecule has 0 bridgehead atoms. The van der Waals surface area contributed by atoms with Crippen molar-refractivity contribution in [3.05, 3.63) is 76.1 Å². The number of para-hydroxylation sites is 1. The third-order valence-corrected chi connectivity index (χ3v) is 4.98. The van der Waals surface area contributed by atoms with E-state index in [9.17, 15) is 9.59 Å². The van der Waals surface area contributed by atoms with E-state index in [1.807, 2.05) is 37.3 Å². The van der Waals surface area contributed by atoms with Gasteiger partial charge in [0.05, 0.1) is 13.7 Å². The molecular weight excluding hydrogens is 358 g/mol. The lowest BCUT2D eigenvalue weighted by Gasteiger charge is -2.32. The van der Waals surface area contributed by atoms with Crippen LogP contribution in [0.25, 0.3) is 11.0 Å². The number of ether oxygens (including phenoxy) is 2. The Morgan fingerprint density at radius 3 is 2.50 bits per heavy atom. The summed E-state index contributed by atoms with van der Waals surface area (Å²) in [7, 11) is 3.10. The molecule has 0 aliphatic rings. The molecule has 1 aromatic heterocycles. The Morgan fingerprint density at radius 2 is 1.86 bits per heavy atom. The summed E-state index contributed by atoms with van der Waals surface area (Å²) in [5.74, 6) is -0.0701. The summed E-state index contributed by atoms with van der Waals surface area (Å²) in [5, 5.41) is 3.43. The third kappa shape index (κ3) is 3.64. The Balaban J connectivity index is 1.88. The van der Waals surface area contributed by atoms with Gasteiger partial charge < -0.3 is 19.2 Å². The van der Waals surface area contributed by atoms with Crippen LogP contribution in [0.3, 0.4) is 0 Å². The van der Waals surface area contributed by atoms with Gasteiger partial charge in [0.2, 0.25) is 0 Å². The van der Waals surface area contributed by atoms with Crippen molar-refractivity contribution in [3.8, 4) is 5.75 Å². The van der Waals surface area contributed by atoms with E-state index >= 15 is 0 Å². The van der Waals surface area contributed by atoms with Crippen LogP contribution < -0.4 is 15.7 Å². The van der Waals surface area contributed by atoms with E-state index in [4.69, 9.17) is 13.9 Å². The smallest absolute Gasteiger partial charge is 0.349 e. The Bertz CT molecular complexity index is 1020. The molecule has 0 saturated heterocycles. The molecule has 3 aromatic rings. The minimum Gasteiger partial charge on any atom is -0.493 e. The predicted molar refractivity (Wildman–Crippen MR) is 107 cm³/mol. The van der Waals surface area contributed by atoms with Gasteiger partial charge in [-0.25, -0.2) is 4.79 Å². The highest BCUT2D eigenvalue weighted by Gasteiger charge is 2.31. The monoisotopic (exact) mass is 381 g/mol. The minimum atomic E-state index is -0.714. The van der Waals surface area contributed by atoms with Crippen LogP contribution in [-0.2, 0) is 10.3 Å². The number of rotatable bonds is 7. The van der Waals surface area contributed by atoms with Crippen molar-refractivity contribution in [1.82, 2.24) is 5.32 Å². The van der Waals surface area contributed by atoms with Gasteiger partial charge in [0.15, 0.2) is 11.3 Å².